The number of anilines is 2. The molecule has 116 valence electrons. The maximum absolute atomic E-state index is 11.1. The van der Waals surface area contributed by atoms with Crippen molar-refractivity contribution in [2.45, 2.75) is 46.0 Å². The van der Waals surface area contributed by atoms with Gasteiger partial charge in [0.2, 0.25) is 0 Å². The average molecular weight is 291 g/mol. The average Bonchev–Trinajstić information content (AvgIpc) is 2.85. The van der Waals surface area contributed by atoms with E-state index in [2.05, 4.69) is 24.1 Å². The van der Waals surface area contributed by atoms with Crippen molar-refractivity contribution >= 4 is 17.5 Å². The highest BCUT2D eigenvalue weighted by atomic mass is 16.4. The van der Waals surface area contributed by atoms with Gasteiger partial charge in [0.1, 0.15) is 5.82 Å². The fourth-order valence-corrected chi connectivity index (χ4v) is 3.47. The summed E-state index contributed by atoms with van der Waals surface area (Å²) < 4.78 is 0. The first-order chi connectivity index (χ1) is 9.92. The summed E-state index contributed by atoms with van der Waals surface area (Å²) in [5, 5.41) is 12.4. The van der Waals surface area contributed by atoms with Gasteiger partial charge in [-0.1, -0.05) is 26.7 Å². The lowest BCUT2D eigenvalue weighted by molar-refractivity contribution is 0.0698. The van der Waals surface area contributed by atoms with Crippen LogP contribution in [0.1, 0.15) is 56.3 Å². The Balaban J connectivity index is 2.07. The zero-order valence-corrected chi connectivity index (χ0v) is 12.9. The molecule has 0 unspecified atom stereocenters. The van der Waals surface area contributed by atoms with Gasteiger partial charge in [0, 0.05) is 6.54 Å². The Morgan fingerprint density at radius 3 is 2.71 bits per heavy atom. The summed E-state index contributed by atoms with van der Waals surface area (Å²) in [5.41, 5.74) is 6.26. The van der Waals surface area contributed by atoms with Crippen LogP contribution in [0.25, 0.3) is 0 Å². The largest absolute Gasteiger partial charge is 0.478 e. The van der Waals surface area contributed by atoms with Gasteiger partial charge >= 0.3 is 5.97 Å². The predicted octanol–water partition coefficient (Wildman–Crippen LogP) is 3.38. The van der Waals surface area contributed by atoms with Crippen LogP contribution in [0.15, 0.2) is 12.3 Å². The van der Waals surface area contributed by atoms with Crippen LogP contribution in [-0.4, -0.2) is 22.6 Å². The first-order valence-electron chi connectivity index (χ1n) is 7.64. The van der Waals surface area contributed by atoms with Crippen molar-refractivity contribution in [2.75, 3.05) is 17.6 Å². The van der Waals surface area contributed by atoms with Crippen LogP contribution < -0.4 is 11.1 Å². The summed E-state index contributed by atoms with van der Waals surface area (Å²) >= 11 is 0. The van der Waals surface area contributed by atoms with E-state index in [1.165, 1.54) is 44.4 Å². The molecule has 0 spiro atoms. The third-order valence-electron chi connectivity index (χ3n) is 4.32. The standard InChI is InChI=1S/C16H25N3O2/c1-11(2)8-16(5-3-4-6-16)10-19-14-7-12(15(20)21)13(17)9-18-14/h7,9,11H,3-6,8,10,17H2,1-2H3,(H,18,19)(H,20,21). The molecule has 0 saturated heterocycles. The summed E-state index contributed by atoms with van der Waals surface area (Å²) in [6.45, 7) is 5.36. The van der Waals surface area contributed by atoms with Gasteiger partial charge in [-0.15, -0.1) is 0 Å². The van der Waals surface area contributed by atoms with Crippen molar-refractivity contribution in [3.63, 3.8) is 0 Å². The van der Waals surface area contributed by atoms with Crippen LogP contribution in [0.5, 0.6) is 0 Å². The number of rotatable bonds is 6. The van der Waals surface area contributed by atoms with Crippen LogP contribution >= 0.6 is 0 Å². The summed E-state index contributed by atoms with van der Waals surface area (Å²) in [7, 11) is 0. The Morgan fingerprint density at radius 2 is 2.14 bits per heavy atom. The monoisotopic (exact) mass is 291 g/mol. The number of hydrogen-bond donors (Lipinski definition) is 3. The van der Waals surface area contributed by atoms with Crippen molar-refractivity contribution < 1.29 is 9.90 Å². The number of aromatic nitrogens is 1. The molecule has 0 atom stereocenters. The third kappa shape index (κ3) is 3.86. The van der Waals surface area contributed by atoms with Gasteiger partial charge in [-0.3, -0.25) is 0 Å². The quantitative estimate of drug-likeness (QED) is 0.747. The number of nitrogen functional groups attached to an aromatic ring is 1. The number of carboxylic acids is 1. The van der Waals surface area contributed by atoms with E-state index in [4.69, 9.17) is 10.8 Å². The second kappa shape index (κ2) is 6.33. The van der Waals surface area contributed by atoms with E-state index >= 15 is 0 Å². The summed E-state index contributed by atoms with van der Waals surface area (Å²) in [6.07, 6.45) is 7.64. The number of aromatic carboxylic acids is 1. The molecule has 21 heavy (non-hydrogen) atoms. The van der Waals surface area contributed by atoms with Gasteiger partial charge in [-0.05, 0) is 36.7 Å². The second-order valence-electron chi connectivity index (χ2n) is 6.62. The zero-order valence-electron chi connectivity index (χ0n) is 12.9. The van der Waals surface area contributed by atoms with E-state index in [-0.39, 0.29) is 11.3 Å². The molecule has 0 bridgehead atoms. The smallest absolute Gasteiger partial charge is 0.337 e. The van der Waals surface area contributed by atoms with E-state index in [1.807, 2.05) is 0 Å². The number of carboxylic acid groups (broad SMARTS) is 1. The fraction of sp³-hybridized carbons (Fsp3) is 0.625. The first kappa shape index (κ1) is 15.6. The second-order valence-corrected chi connectivity index (χ2v) is 6.62. The molecular weight excluding hydrogens is 266 g/mol. The van der Waals surface area contributed by atoms with Gasteiger partial charge in [0.05, 0.1) is 17.4 Å². The number of pyridine rings is 1. The molecule has 0 aromatic carbocycles. The Labute approximate surface area is 126 Å². The van der Waals surface area contributed by atoms with Crippen molar-refractivity contribution in [2.24, 2.45) is 11.3 Å². The van der Waals surface area contributed by atoms with Crippen molar-refractivity contribution in [3.05, 3.63) is 17.8 Å². The Hall–Kier alpha value is -1.78. The third-order valence-corrected chi connectivity index (χ3v) is 4.32. The lowest BCUT2D eigenvalue weighted by Crippen LogP contribution is -2.28. The van der Waals surface area contributed by atoms with Crippen LogP contribution in [-0.2, 0) is 0 Å². The summed E-state index contributed by atoms with van der Waals surface area (Å²) in [4.78, 5) is 15.3. The molecule has 5 heteroatoms. The minimum atomic E-state index is -1.02. The highest BCUT2D eigenvalue weighted by molar-refractivity contribution is 5.94. The van der Waals surface area contributed by atoms with Crippen LogP contribution in [0.3, 0.4) is 0 Å². The minimum Gasteiger partial charge on any atom is -0.478 e. The number of hydrogen-bond acceptors (Lipinski definition) is 4. The minimum absolute atomic E-state index is 0.108. The first-order valence-corrected chi connectivity index (χ1v) is 7.64. The molecule has 1 aromatic heterocycles. The lowest BCUT2D eigenvalue weighted by Gasteiger charge is -2.31. The molecule has 2 rings (SSSR count). The van der Waals surface area contributed by atoms with Crippen LogP contribution in [0.4, 0.5) is 11.5 Å². The topological polar surface area (TPSA) is 88.2 Å². The molecule has 1 aromatic rings. The van der Waals surface area contributed by atoms with E-state index in [1.54, 1.807) is 0 Å². The maximum Gasteiger partial charge on any atom is 0.337 e. The summed E-state index contributed by atoms with van der Waals surface area (Å²) in [6, 6.07) is 1.52. The fourth-order valence-electron chi connectivity index (χ4n) is 3.47. The van der Waals surface area contributed by atoms with Gasteiger partial charge in [-0.2, -0.15) is 0 Å². The van der Waals surface area contributed by atoms with Gasteiger partial charge in [0.15, 0.2) is 0 Å². The lowest BCUT2D eigenvalue weighted by atomic mass is 9.78. The molecule has 0 amide bonds. The molecule has 1 fully saturated rings. The predicted molar refractivity (Wildman–Crippen MR) is 84.5 cm³/mol. The van der Waals surface area contributed by atoms with E-state index in [9.17, 15) is 4.79 Å². The number of nitrogens with one attached hydrogen (secondary N) is 1. The molecule has 1 aliphatic carbocycles. The molecule has 1 saturated carbocycles. The van der Waals surface area contributed by atoms with Crippen LogP contribution in [0.2, 0.25) is 0 Å². The van der Waals surface area contributed by atoms with Crippen molar-refractivity contribution in [3.8, 4) is 0 Å². The number of nitrogens with two attached hydrogens (primary N) is 1. The normalized spacial score (nSPS) is 17.1. The molecule has 5 nitrogen and oxygen atoms in total. The van der Waals surface area contributed by atoms with Crippen molar-refractivity contribution in [1.82, 2.24) is 4.98 Å². The molecular formula is C16H25N3O2. The Kier molecular flexibility index (Phi) is 4.70. The molecule has 0 aliphatic heterocycles. The molecule has 1 aliphatic rings. The number of nitrogens with zero attached hydrogens (tertiary/aromatic N) is 1. The Morgan fingerprint density at radius 1 is 1.48 bits per heavy atom. The highest BCUT2D eigenvalue weighted by Crippen LogP contribution is 2.43. The maximum atomic E-state index is 11.1. The molecule has 1 heterocycles. The molecule has 4 N–H and O–H groups in total. The van der Waals surface area contributed by atoms with E-state index in [0.717, 1.165) is 6.54 Å². The molecule has 0 radical (unpaired) electrons. The summed E-state index contributed by atoms with van der Waals surface area (Å²) in [5.74, 6) is 0.242. The van der Waals surface area contributed by atoms with E-state index < -0.39 is 5.97 Å². The highest BCUT2D eigenvalue weighted by Gasteiger charge is 2.34. The van der Waals surface area contributed by atoms with Crippen molar-refractivity contribution in [1.29, 1.82) is 0 Å². The Bertz CT molecular complexity index is 508. The zero-order chi connectivity index (χ0) is 15.5. The van der Waals surface area contributed by atoms with Gasteiger partial charge < -0.3 is 16.2 Å². The van der Waals surface area contributed by atoms with Crippen LogP contribution in [0, 0.1) is 11.3 Å². The number of carbonyl (C=O) groups is 1. The van der Waals surface area contributed by atoms with E-state index in [0.29, 0.717) is 17.2 Å². The van der Waals surface area contributed by atoms with Gasteiger partial charge in [0.25, 0.3) is 0 Å². The SMILES string of the molecule is CC(C)CC1(CNc2cc(C(=O)O)c(N)cn2)CCCC1. The van der Waals surface area contributed by atoms with Gasteiger partial charge in [-0.25, -0.2) is 9.78 Å².